The van der Waals surface area contributed by atoms with E-state index in [0.717, 1.165) is 33.8 Å². The van der Waals surface area contributed by atoms with Crippen LogP contribution in [0.15, 0.2) is 72.5 Å². The fourth-order valence-electron chi connectivity index (χ4n) is 10.2. The molecular weight excluding hydrogens is 1090 g/mol. The van der Waals surface area contributed by atoms with Crippen LogP contribution >= 0.6 is 11.3 Å². The van der Waals surface area contributed by atoms with Crippen LogP contribution in [0.5, 0.6) is 0 Å². The lowest BCUT2D eigenvalue weighted by Crippen LogP contribution is -2.58. The number of benzene rings is 3. The third-order valence-corrected chi connectivity index (χ3v) is 15.9. The molecule has 3 fully saturated rings. The van der Waals surface area contributed by atoms with Crippen molar-refractivity contribution < 1.29 is 60.5 Å². The molecule has 0 aliphatic carbocycles. The maximum Gasteiger partial charge on any atom is 0.417 e. The number of nitrogens with one attached hydrogen (secondary N) is 3. The van der Waals surface area contributed by atoms with Crippen LogP contribution in [0.25, 0.3) is 21.6 Å². The summed E-state index contributed by atoms with van der Waals surface area (Å²) in [5, 5.41) is 18.8. The van der Waals surface area contributed by atoms with Crippen molar-refractivity contribution in [3.63, 3.8) is 0 Å². The average Bonchev–Trinajstić information content (AvgIpc) is 4.14. The number of nitrogens with zero attached hydrogens (tertiary/aromatic N) is 8. The first-order valence-corrected chi connectivity index (χ1v) is 27.8. The van der Waals surface area contributed by atoms with Gasteiger partial charge in [-0.05, 0) is 74.7 Å². The topological polar surface area (TPSA) is 215 Å². The van der Waals surface area contributed by atoms with E-state index in [9.17, 15) is 46.6 Å². The van der Waals surface area contributed by atoms with E-state index in [1.807, 2.05) is 61.9 Å². The number of amides is 5. The zero-order valence-electron chi connectivity index (χ0n) is 46.7. The van der Waals surface area contributed by atoms with Crippen LogP contribution in [0.3, 0.4) is 0 Å². The number of aryl methyl sites for hydroxylation is 1. The quantitative estimate of drug-likeness (QED) is 0.0573. The maximum atomic E-state index is 16.2. The molecule has 0 bridgehead atoms. The van der Waals surface area contributed by atoms with Gasteiger partial charge in [0.05, 0.1) is 57.9 Å². The number of likely N-dealkylation sites (tertiary alicyclic amines) is 1. The van der Waals surface area contributed by atoms with Gasteiger partial charge in [-0.25, -0.2) is 23.7 Å². The van der Waals surface area contributed by atoms with Gasteiger partial charge in [0.2, 0.25) is 29.6 Å². The molecule has 5 heterocycles. The fourth-order valence-corrected chi connectivity index (χ4v) is 11.0. The Hall–Kier alpha value is -7.19. The molecule has 0 saturated carbocycles. The lowest BCUT2D eigenvalue weighted by atomic mass is 9.85. The smallest absolute Gasteiger partial charge is 0.391 e. The molecule has 5 atom stereocenters. The lowest BCUT2D eigenvalue weighted by Gasteiger charge is -2.44. The minimum atomic E-state index is -5.04. The molecule has 5 amide bonds. The first kappa shape index (κ1) is 60.9. The summed E-state index contributed by atoms with van der Waals surface area (Å²) in [5.41, 5.74) is 2.01. The molecule has 8 rings (SSSR count). The zero-order valence-corrected chi connectivity index (χ0v) is 47.5. The number of alkyl halides is 3. The summed E-state index contributed by atoms with van der Waals surface area (Å²) in [6, 6.07) is 10.1. The van der Waals surface area contributed by atoms with Crippen molar-refractivity contribution in [2.24, 2.45) is 5.41 Å². The van der Waals surface area contributed by atoms with Gasteiger partial charge in [0, 0.05) is 94.4 Å². The lowest BCUT2D eigenvalue weighted by molar-refractivity contribution is -0.144. The van der Waals surface area contributed by atoms with Crippen molar-refractivity contribution in [2.45, 2.75) is 91.0 Å². The summed E-state index contributed by atoms with van der Waals surface area (Å²) < 4.78 is 83.2. The molecule has 440 valence electrons. The van der Waals surface area contributed by atoms with Crippen LogP contribution in [0.4, 0.5) is 39.3 Å². The number of aliphatic hydroxyl groups excluding tert-OH is 1. The van der Waals surface area contributed by atoms with Crippen LogP contribution in [-0.2, 0) is 41.4 Å². The van der Waals surface area contributed by atoms with Gasteiger partial charge in [0.25, 0.3) is 5.91 Å². The Labute approximate surface area is 476 Å². The number of aromatic nitrogens is 3. The van der Waals surface area contributed by atoms with Crippen LogP contribution in [0.2, 0.25) is 0 Å². The van der Waals surface area contributed by atoms with Crippen molar-refractivity contribution in [1.29, 1.82) is 0 Å². The maximum absolute atomic E-state index is 16.2. The number of anilines is 3. The summed E-state index contributed by atoms with van der Waals surface area (Å²) >= 11 is 1.55. The van der Waals surface area contributed by atoms with E-state index in [4.69, 9.17) is 9.47 Å². The highest BCUT2D eigenvalue weighted by molar-refractivity contribution is 7.13. The molecule has 3 aliphatic rings. The Morgan fingerprint density at radius 3 is 2.11 bits per heavy atom. The second-order valence-corrected chi connectivity index (χ2v) is 22.8. The molecule has 3 aromatic carbocycles. The Morgan fingerprint density at radius 2 is 1.49 bits per heavy atom. The molecule has 0 unspecified atom stereocenters. The Balaban J connectivity index is 0.789. The number of rotatable bonds is 18. The van der Waals surface area contributed by atoms with Crippen molar-refractivity contribution in [3.8, 4) is 21.6 Å². The van der Waals surface area contributed by atoms with Crippen molar-refractivity contribution in [2.75, 3.05) is 94.4 Å². The number of hydrogen-bond acceptors (Lipinski definition) is 15. The molecule has 0 radical (unpaired) electrons. The van der Waals surface area contributed by atoms with Crippen molar-refractivity contribution in [3.05, 3.63) is 107 Å². The minimum absolute atomic E-state index is 0.00718. The zero-order chi connectivity index (χ0) is 59.2. The highest BCUT2D eigenvalue weighted by Crippen LogP contribution is 2.38. The number of ether oxygens (including phenoxy) is 2. The van der Waals surface area contributed by atoms with Gasteiger partial charge in [-0.3, -0.25) is 28.9 Å². The molecule has 2 aromatic heterocycles. The summed E-state index contributed by atoms with van der Waals surface area (Å²) in [5.74, 6) is -4.53. The van der Waals surface area contributed by atoms with Crippen LogP contribution in [0, 0.1) is 24.0 Å². The van der Waals surface area contributed by atoms with E-state index in [0.29, 0.717) is 45.2 Å². The van der Waals surface area contributed by atoms with Gasteiger partial charge in [-0.2, -0.15) is 13.2 Å². The summed E-state index contributed by atoms with van der Waals surface area (Å²) in [6.07, 6.45) is -3.15. The van der Waals surface area contributed by atoms with Gasteiger partial charge in [0.15, 0.2) is 0 Å². The molecule has 82 heavy (non-hydrogen) atoms. The molecule has 19 nitrogen and oxygen atoms in total. The van der Waals surface area contributed by atoms with Gasteiger partial charge < -0.3 is 50.1 Å². The monoisotopic (exact) mass is 1160 g/mol. The molecule has 25 heteroatoms. The number of piperazine rings is 2. The van der Waals surface area contributed by atoms with Crippen molar-refractivity contribution in [1.82, 2.24) is 40.3 Å². The minimum Gasteiger partial charge on any atom is -0.391 e. The highest BCUT2D eigenvalue weighted by Gasteiger charge is 2.45. The van der Waals surface area contributed by atoms with E-state index in [1.165, 1.54) is 29.4 Å². The molecule has 5 aromatic rings. The van der Waals surface area contributed by atoms with Crippen molar-refractivity contribution >= 4 is 58.2 Å². The number of hydrogen-bond donors (Lipinski definition) is 4. The number of β-amino-alcohol motifs (C(OH)–C–C–N with tert-alkyl or cyclic N) is 1. The van der Waals surface area contributed by atoms with Crippen LogP contribution in [0.1, 0.15) is 68.2 Å². The van der Waals surface area contributed by atoms with E-state index in [2.05, 4.69) is 35.8 Å². The van der Waals surface area contributed by atoms with Gasteiger partial charge >= 0.3 is 6.18 Å². The van der Waals surface area contributed by atoms with Crippen LogP contribution < -0.4 is 25.8 Å². The highest BCUT2D eigenvalue weighted by atomic mass is 32.1. The molecule has 3 aliphatic heterocycles. The van der Waals surface area contributed by atoms with Crippen LogP contribution in [-0.4, -0.2) is 174 Å². The number of thiazole rings is 1. The Kier molecular flexibility index (Phi) is 19.3. The summed E-state index contributed by atoms with van der Waals surface area (Å²) in [6.45, 7) is 12.8. The average molecular weight is 1160 g/mol. The first-order chi connectivity index (χ1) is 38.9. The van der Waals surface area contributed by atoms with E-state index >= 15 is 4.39 Å². The molecule has 4 N–H and O–H groups in total. The largest absolute Gasteiger partial charge is 0.417 e. The SMILES string of the molecule is Cc1ncsc1-c1ccc(CNC(=O)[C@@H]2C[C@@H](O)CN2C(=O)[C@@H](NC(=O)COCCOCC(=O)N2CCN(c3ncc(-c4cc(NC(=O)c5ccc(F)cc5C(F)(F)F)c(N5C[C@@H](C)N(C)[C@@H](C)C5)cc4F)cn3)CC2)C(C)(C)C)cc1. The summed E-state index contributed by atoms with van der Waals surface area (Å²) in [4.78, 5) is 90.4. The number of carbonyl (C=O) groups excluding carboxylic acids is 5. The number of likely N-dealkylation sites (N-methyl/N-ethyl adjacent to an activating group) is 1. The Bertz CT molecular complexity index is 3090. The van der Waals surface area contributed by atoms with E-state index in [-0.39, 0.29) is 85.9 Å². The molecule has 0 spiro atoms. The number of aliphatic hydroxyl groups is 1. The Morgan fingerprint density at radius 1 is 0.829 bits per heavy atom. The van der Waals surface area contributed by atoms with E-state index in [1.54, 1.807) is 42.5 Å². The van der Waals surface area contributed by atoms with Gasteiger partial charge in [-0.15, -0.1) is 11.3 Å². The number of halogens is 5. The summed E-state index contributed by atoms with van der Waals surface area (Å²) in [7, 11) is 1.95. The predicted molar refractivity (Wildman–Crippen MR) is 298 cm³/mol. The predicted octanol–water partition coefficient (Wildman–Crippen LogP) is 6.14. The number of carbonyl (C=O) groups is 5. The molecule has 3 saturated heterocycles. The standard InChI is InChI=1S/C57H68F5N11O8S/c1-33-27-72(28-34(2)69(33)7)46-23-44(59)42(22-45(46)67-52(77)41-13-12-39(58)20-43(41)57(60,61)62)38-25-64-55(65-26-38)71-16-14-70(15-17-71)49(76)31-81-19-18-80-30-48(75)68-51(56(4,5)6)54(79)73-29-40(74)21-47(73)53(78)63-24-36-8-10-37(11-9-36)50-35(3)66-32-82-50/h8-13,20,22-23,25-26,32-34,40,47,51,74H,14-19,21,24,27-31H2,1-7H3,(H,63,78)(H,67,77)(H,68,75)/t33-,34+,40-,47+,51-/m1/s1. The third-order valence-electron chi connectivity index (χ3n) is 15.0. The second-order valence-electron chi connectivity index (χ2n) is 21.9. The first-order valence-electron chi connectivity index (χ1n) is 26.9. The van der Waals surface area contributed by atoms with Gasteiger partial charge in [0.1, 0.15) is 36.9 Å². The molecular formula is C57H68F5N11O8S. The third kappa shape index (κ3) is 14.7. The fraction of sp³-hybridized carbons (Fsp3) is 0.474. The van der Waals surface area contributed by atoms with E-state index < -0.39 is 82.8 Å². The van der Waals surface area contributed by atoms with Gasteiger partial charge in [-0.1, -0.05) is 45.0 Å². The normalized spacial score (nSPS) is 19.3. The second kappa shape index (κ2) is 25.9.